The van der Waals surface area contributed by atoms with Crippen molar-refractivity contribution in [3.8, 4) is 0 Å². The second kappa shape index (κ2) is 4.42. The van der Waals surface area contributed by atoms with Crippen molar-refractivity contribution in [1.29, 1.82) is 0 Å². The van der Waals surface area contributed by atoms with Gasteiger partial charge >= 0.3 is 0 Å². The molecule has 0 radical (unpaired) electrons. The van der Waals surface area contributed by atoms with Gasteiger partial charge in [-0.25, -0.2) is 0 Å². The highest BCUT2D eigenvalue weighted by Crippen LogP contribution is 2.18. The molecule has 13 heavy (non-hydrogen) atoms. The molecule has 0 aliphatic heterocycles. The summed E-state index contributed by atoms with van der Waals surface area (Å²) in [6, 6.07) is 0.363. The number of nitrogens with zero attached hydrogens (tertiary/aromatic N) is 2. The summed E-state index contributed by atoms with van der Waals surface area (Å²) in [6.45, 7) is 6.21. The van der Waals surface area contributed by atoms with Crippen LogP contribution in [0.15, 0.2) is 12.4 Å². The summed E-state index contributed by atoms with van der Waals surface area (Å²) >= 11 is 0. The van der Waals surface area contributed by atoms with Crippen molar-refractivity contribution >= 4 is 0 Å². The van der Waals surface area contributed by atoms with Crippen LogP contribution >= 0.6 is 0 Å². The Bertz CT molecular complexity index is 255. The first-order chi connectivity index (χ1) is 6.15. The van der Waals surface area contributed by atoms with E-state index in [0.717, 1.165) is 18.4 Å². The molecule has 0 bridgehead atoms. The Hall–Kier alpha value is -0.830. The van der Waals surface area contributed by atoms with E-state index in [2.05, 4.69) is 25.9 Å². The quantitative estimate of drug-likeness (QED) is 0.775. The minimum Gasteiger partial charge on any atom is -0.388 e. The van der Waals surface area contributed by atoms with Crippen LogP contribution in [-0.4, -0.2) is 14.9 Å². The lowest BCUT2D eigenvalue weighted by atomic mass is 10.1. The summed E-state index contributed by atoms with van der Waals surface area (Å²) in [5.74, 6) is 0. The van der Waals surface area contributed by atoms with Crippen LogP contribution in [-0.2, 0) is 0 Å². The van der Waals surface area contributed by atoms with Gasteiger partial charge in [-0.15, -0.1) is 0 Å². The minimum atomic E-state index is -0.350. The van der Waals surface area contributed by atoms with E-state index in [4.69, 9.17) is 0 Å². The summed E-state index contributed by atoms with van der Waals surface area (Å²) in [4.78, 5) is 0. The van der Waals surface area contributed by atoms with E-state index in [1.54, 1.807) is 6.20 Å². The molecule has 0 aromatic carbocycles. The maximum Gasteiger partial charge on any atom is 0.0820 e. The van der Waals surface area contributed by atoms with E-state index in [1.165, 1.54) is 0 Å². The number of rotatable bonds is 4. The molecule has 0 aliphatic carbocycles. The molecular formula is C10H18N2O. The molecule has 1 aromatic heterocycles. The minimum absolute atomic E-state index is 0.350. The smallest absolute Gasteiger partial charge is 0.0820 e. The molecule has 0 aliphatic rings. The molecule has 0 spiro atoms. The molecule has 1 N–H and O–H groups in total. The number of aromatic nitrogens is 2. The summed E-state index contributed by atoms with van der Waals surface area (Å²) in [5, 5.41) is 13.8. The maximum atomic E-state index is 9.66. The van der Waals surface area contributed by atoms with Crippen LogP contribution in [0.1, 0.15) is 51.3 Å². The van der Waals surface area contributed by atoms with Crippen LogP contribution < -0.4 is 0 Å². The van der Waals surface area contributed by atoms with E-state index in [0.29, 0.717) is 6.04 Å². The Morgan fingerprint density at radius 3 is 2.69 bits per heavy atom. The first-order valence-corrected chi connectivity index (χ1v) is 4.87. The van der Waals surface area contributed by atoms with Gasteiger partial charge in [-0.05, 0) is 20.3 Å². The SMILES string of the molecule is CCCC(O)c1cnn(C(C)C)c1. The standard InChI is InChI=1S/C10H18N2O/c1-4-5-10(13)9-6-11-12(7-9)8(2)3/h6-8,10,13H,4-5H2,1-3H3. The second-order valence-electron chi connectivity index (χ2n) is 3.65. The predicted octanol–water partition coefficient (Wildman–Crippen LogP) is 2.30. The molecule has 0 saturated carbocycles. The Balaban J connectivity index is 2.67. The van der Waals surface area contributed by atoms with Gasteiger partial charge in [-0.3, -0.25) is 4.68 Å². The molecule has 1 heterocycles. The predicted molar refractivity (Wildman–Crippen MR) is 52.5 cm³/mol. The van der Waals surface area contributed by atoms with Crippen molar-refractivity contribution in [2.45, 2.75) is 45.8 Å². The van der Waals surface area contributed by atoms with Crippen LogP contribution in [0.2, 0.25) is 0 Å². The van der Waals surface area contributed by atoms with Crippen LogP contribution in [0.3, 0.4) is 0 Å². The zero-order chi connectivity index (χ0) is 9.84. The van der Waals surface area contributed by atoms with Gasteiger partial charge in [0.15, 0.2) is 0 Å². The van der Waals surface area contributed by atoms with Gasteiger partial charge in [0, 0.05) is 17.8 Å². The van der Waals surface area contributed by atoms with Gasteiger partial charge in [0.2, 0.25) is 0 Å². The van der Waals surface area contributed by atoms with Gasteiger partial charge in [0.05, 0.1) is 12.3 Å². The lowest BCUT2D eigenvalue weighted by Crippen LogP contribution is -2.00. The summed E-state index contributed by atoms with van der Waals surface area (Å²) in [5.41, 5.74) is 0.926. The Labute approximate surface area is 79.4 Å². The molecule has 74 valence electrons. The molecule has 1 atom stereocenters. The topological polar surface area (TPSA) is 38.1 Å². The molecule has 0 fully saturated rings. The fourth-order valence-corrected chi connectivity index (χ4v) is 1.25. The first kappa shape index (κ1) is 10.3. The van der Waals surface area contributed by atoms with E-state index in [-0.39, 0.29) is 6.10 Å². The molecule has 1 aromatic rings. The monoisotopic (exact) mass is 182 g/mol. The average molecular weight is 182 g/mol. The summed E-state index contributed by atoms with van der Waals surface area (Å²) in [7, 11) is 0. The zero-order valence-corrected chi connectivity index (χ0v) is 8.57. The van der Waals surface area contributed by atoms with Crippen molar-refractivity contribution < 1.29 is 5.11 Å². The number of hydrogen-bond donors (Lipinski definition) is 1. The fourth-order valence-electron chi connectivity index (χ4n) is 1.25. The molecule has 3 nitrogen and oxygen atoms in total. The highest BCUT2D eigenvalue weighted by Gasteiger charge is 2.09. The lowest BCUT2D eigenvalue weighted by Gasteiger charge is -2.06. The summed E-state index contributed by atoms with van der Waals surface area (Å²) in [6.07, 6.45) is 5.13. The van der Waals surface area contributed by atoms with Gasteiger partial charge in [-0.2, -0.15) is 5.10 Å². The van der Waals surface area contributed by atoms with Crippen molar-refractivity contribution in [2.75, 3.05) is 0 Å². The largest absolute Gasteiger partial charge is 0.388 e. The van der Waals surface area contributed by atoms with Crippen LogP contribution in [0.25, 0.3) is 0 Å². The van der Waals surface area contributed by atoms with Crippen LogP contribution in [0.4, 0.5) is 0 Å². The molecular weight excluding hydrogens is 164 g/mol. The molecule has 0 amide bonds. The van der Waals surface area contributed by atoms with E-state index in [9.17, 15) is 5.11 Å². The number of hydrogen-bond acceptors (Lipinski definition) is 2. The van der Waals surface area contributed by atoms with Gasteiger partial charge in [-0.1, -0.05) is 13.3 Å². The average Bonchev–Trinajstić information content (AvgIpc) is 2.52. The second-order valence-corrected chi connectivity index (χ2v) is 3.65. The molecule has 1 unspecified atom stereocenters. The summed E-state index contributed by atoms with van der Waals surface area (Å²) < 4.78 is 1.87. The number of aliphatic hydroxyl groups excluding tert-OH is 1. The van der Waals surface area contributed by atoms with E-state index >= 15 is 0 Å². The van der Waals surface area contributed by atoms with Crippen molar-refractivity contribution in [1.82, 2.24) is 9.78 Å². The zero-order valence-electron chi connectivity index (χ0n) is 8.57. The van der Waals surface area contributed by atoms with Crippen LogP contribution in [0, 0.1) is 0 Å². The third-order valence-corrected chi connectivity index (χ3v) is 2.10. The van der Waals surface area contributed by atoms with Gasteiger partial charge in [0.1, 0.15) is 0 Å². The molecule has 1 rings (SSSR count). The lowest BCUT2D eigenvalue weighted by molar-refractivity contribution is 0.166. The number of aliphatic hydroxyl groups is 1. The maximum absolute atomic E-state index is 9.66. The Morgan fingerprint density at radius 1 is 1.54 bits per heavy atom. The highest BCUT2D eigenvalue weighted by molar-refractivity contribution is 5.07. The van der Waals surface area contributed by atoms with Crippen LogP contribution in [0.5, 0.6) is 0 Å². The van der Waals surface area contributed by atoms with Crippen molar-refractivity contribution in [2.24, 2.45) is 0 Å². The van der Waals surface area contributed by atoms with E-state index < -0.39 is 0 Å². The normalized spacial score (nSPS) is 13.6. The Kier molecular flexibility index (Phi) is 3.48. The first-order valence-electron chi connectivity index (χ1n) is 4.87. The molecule has 0 saturated heterocycles. The third-order valence-electron chi connectivity index (χ3n) is 2.10. The van der Waals surface area contributed by atoms with Crippen molar-refractivity contribution in [3.05, 3.63) is 18.0 Å². The van der Waals surface area contributed by atoms with Crippen molar-refractivity contribution in [3.63, 3.8) is 0 Å². The van der Waals surface area contributed by atoms with Gasteiger partial charge in [0.25, 0.3) is 0 Å². The van der Waals surface area contributed by atoms with E-state index in [1.807, 2.05) is 10.9 Å². The fraction of sp³-hybridized carbons (Fsp3) is 0.700. The molecule has 3 heteroatoms. The van der Waals surface area contributed by atoms with Gasteiger partial charge < -0.3 is 5.11 Å². The highest BCUT2D eigenvalue weighted by atomic mass is 16.3. The Morgan fingerprint density at radius 2 is 2.23 bits per heavy atom. The third kappa shape index (κ3) is 2.56.